The van der Waals surface area contributed by atoms with Crippen molar-refractivity contribution in [3.8, 4) is 5.75 Å². The van der Waals surface area contributed by atoms with Crippen LogP contribution in [-0.4, -0.2) is 21.0 Å². The molecule has 0 amide bonds. The molecule has 0 radical (unpaired) electrons. The summed E-state index contributed by atoms with van der Waals surface area (Å²) in [4.78, 5) is 18.5. The lowest BCUT2D eigenvalue weighted by Gasteiger charge is -2.08. The normalized spacial score (nSPS) is 10.2. The Hall–Kier alpha value is -1.85. The summed E-state index contributed by atoms with van der Waals surface area (Å²) < 4.78 is 5.42. The highest BCUT2D eigenvalue weighted by molar-refractivity contribution is 6.42. The minimum atomic E-state index is -1.10. The molecule has 1 aromatic heterocycles. The average molecular weight is 299 g/mol. The molecule has 0 aliphatic heterocycles. The highest BCUT2D eigenvalue weighted by Crippen LogP contribution is 2.26. The van der Waals surface area contributed by atoms with Crippen LogP contribution in [0.1, 0.15) is 16.1 Å². The van der Waals surface area contributed by atoms with Crippen LogP contribution in [-0.2, 0) is 6.61 Å². The number of hydrogen-bond donors (Lipinski definition) is 1. The van der Waals surface area contributed by atoms with Gasteiger partial charge in [0.05, 0.1) is 15.7 Å². The van der Waals surface area contributed by atoms with Crippen molar-refractivity contribution in [1.29, 1.82) is 0 Å². The molecule has 98 valence electrons. The number of nitrogens with zero attached hydrogens (tertiary/aromatic N) is 2. The molecule has 0 atom stereocenters. The van der Waals surface area contributed by atoms with Crippen LogP contribution < -0.4 is 4.74 Å². The molecule has 0 saturated heterocycles. The summed E-state index contributed by atoms with van der Waals surface area (Å²) in [5, 5.41) is 9.75. The highest BCUT2D eigenvalue weighted by atomic mass is 35.5. The maximum atomic E-state index is 11.0. The lowest BCUT2D eigenvalue weighted by atomic mass is 10.2. The van der Waals surface area contributed by atoms with E-state index in [0.717, 1.165) is 0 Å². The van der Waals surface area contributed by atoms with Crippen LogP contribution in [0.4, 0.5) is 0 Å². The molecule has 0 aliphatic carbocycles. The van der Waals surface area contributed by atoms with Gasteiger partial charge in [-0.05, 0) is 12.1 Å². The number of benzene rings is 1. The number of ether oxygens (including phenoxy) is 1. The monoisotopic (exact) mass is 298 g/mol. The molecule has 1 N–H and O–H groups in total. The van der Waals surface area contributed by atoms with E-state index < -0.39 is 5.97 Å². The van der Waals surface area contributed by atoms with Gasteiger partial charge >= 0.3 is 5.97 Å². The van der Waals surface area contributed by atoms with Gasteiger partial charge in [-0.2, -0.15) is 0 Å². The summed E-state index contributed by atoms with van der Waals surface area (Å²) in [5.74, 6) is -0.627. The number of hydrogen-bond acceptors (Lipinski definition) is 4. The Bertz CT molecular complexity index is 620. The first kappa shape index (κ1) is 13.6. The molecular weight excluding hydrogens is 291 g/mol. The van der Waals surface area contributed by atoms with E-state index in [1.165, 1.54) is 12.5 Å². The zero-order valence-electron chi connectivity index (χ0n) is 9.51. The number of rotatable bonds is 4. The van der Waals surface area contributed by atoms with Crippen LogP contribution >= 0.6 is 23.2 Å². The van der Waals surface area contributed by atoms with E-state index in [1.54, 1.807) is 18.2 Å². The summed E-state index contributed by atoms with van der Waals surface area (Å²) in [6.07, 6.45) is 2.49. The second-order valence-corrected chi connectivity index (χ2v) is 4.37. The number of aromatic carboxylic acids is 1. The van der Waals surface area contributed by atoms with Crippen LogP contribution in [0, 0.1) is 0 Å². The molecule has 0 saturated carbocycles. The van der Waals surface area contributed by atoms with E-state index in [1.807, 2.05) is 0 Å². The molecule has 1 heterocycles. The molecule has 5 nitrogen and oxygen atoms in total. The molecule has 7 heteroatoms. The van der Waals surface area contributed by atoms with E-state index in [2.05, 4.69) is 9.97 Å². The zero-order chi connectivity index (χ0) is 13.8. The van der Waals surface area contributed by atoms with Gasteiger partial charge < -0.3 is 9.84 Å². The summed E-state index contributed by atoms with van der Waals surface area (Å²) in [7, 11) is 0. The lowest BCUT2D eigenvalue weighted by molar-refractivity contribution is 0.0692. The lowest BCUT2D eigenvalue weighted by Crippen LogP contribution is -2.08. The van der Waals surface area contributed by atoms with Gasteiger partial charge in [0.15, 0.2) is 0 Å². The summed E-state index contributed by atoms with van der Waals surface area (Å²) in [6.45, 7) is 0.00210. The molecular formula is C12H8Cl2N2O3. The summed E-state index contributed by atoms with van der Waals surface area (Å²) >= 11 is 11.6. The third kappa shape index (κ3) is 3.33. The van der Waals surface area contributed by atoms with Gasteiger partial charge in [-0.25, -0.2) is 14.8 Å². The first-order valence-electron chi connectivity index (χ1n) is 5.18. The zero-order valence-corrected chi connectivity index (χ0v) is 11.0. The predicted molar refractivity (Wildman–Crippen MR) is 69.8 cm³/mol. The van der Waals surface area contributed by atoms with Crippen molar-refractivity contribution in [3.63, 3.8) is 0 Å². The van der Waals surface area contributed by atoms with Crippen molar-refractivity contribution in [2.75, 3.05) is 0 Å². The molecule has 0 bridgehead atoms. The highest BCUT2D eigenvalue weighted by Gasteiger charge is 2.12. The maximum Gasteiger partial charge on any atom is 0.339 e. The fraction of sp³-hybridized carbons (Fsp3) is 0.0833. The third-order valence-electron chi connectivity index (χ3n) is 2.29. The van der Waals surface area contributed by atoms with Crippen LogP contribution in [0.2, 0.25) is 10.0 Å². The van der Waals surface area contributed by atoms with Crippen molar-refractivity contribution >= 4 is 29.2 Å². The van der Waals surface area contributed by atoms with Gasteiger partial charge in [0.25, 0.3) is 0 Å². The van der Waals surface area contributed by atoms with E-state index in [9.17, 15) is 4.79 Å². The molecule has 0 aliphatic rings. The second kappa shape index (κ2) is 5.86. The van der Waals surface area contributed by atoms with Crippen LogP contribution in [0.15, 0.2) is 30.7 Å². The molecule has 0 unspecified atom stereocenters. The molecule has 0 fully saturated rings. The van der Waals surface area contributed by atoms with Gasteiger partial charge in [0, 0.05) is 12.3 Å². The van der Waals surface area contributed by atoms with E-state index >= 15 is 0 Å². The standard InChI is InChI=1S/C12H8Cl2N2O3/c13-9-2-1-7(3-10(9)14)19-5-11-8(12(17)18)4-15-6-16-11/h1-4,6H,5H2,(H,17,18). The van der Waals surface area contributed by atoms with Crippen molar-refractivity contribution in [3.05, 3.63) is 52.0 Å². The van der Waals surface area contributed by atoms with Crippen molar-refractivity contribution < 1.29 is 14.6 Å². The quantitative estimate of drug-likeness (QED) is 0.939. The largest absolute Gasteiger partial charge is 0.487 e. The molecule has 1 aromatic carbocycles. The van der Waals surface area contributed by atoms with E-state index in [-0.39, 0.29) is 17.9 Å². The van der Waals surface area contributed by atoms with Crippen molar-refractivity contribution in [1.82, 2.24) is 9.97 Å². The first-order valence-corrected chi connectivity index (χ1v) is 5.93. The Balaban J connectivity index is 2.14. The fourth-order valence-corrected chi connectivity index (χ4v) is 1.66. The number of aromatic nitrogens is 2. The Morgan fingerprint density at radius 1 is 1.32 bits per heavy atom. The van der Waals surface area contributed by atoms with Crippen molar-refractivity contribution in [2.24, 2.45) is 0 Å². The number of carboxylic acids is 1. The Morgan fingerprint density at radius 2 is 2.11 bits per heavy atom. The second-order valence-electron chi connectivity index (χ2n) is 3.55. The first-order chi connectivity index (χ1) is 9.08. The molecule has 2 rings (SSSR count). The summed E-state index contributed by atoms with van der Waals surface area (Å²) in [5.41, 5.74) is 0.288. The molecule has 2 aromatic rings. The Morgan fingerprint density at radius 3 is 2.79 bits per heavy atom. The third-order valence-corrected chi connectivity index (χ3v) is 3.03. The number of carboxylic acid groups (broad SMARTS) is 1. The Labute approximate surface area is 118 Å². The van der Waals surface area contributed by atoms with Gasteiger partial charge in [-0.15, -0.1) is 0 Å². The van der Waals surface area contributed by atoms with E-state index in [0.29, 0.717) is 15.8 Å². The smallest absolute Gasteiger partial charge is 0.339 e. The summed E-state index contributed by atoms with van der Waals surface area (Å²) in [6, 6.07) is 4.78. The molecule has 19 heavy (non-hydrogen) atoms. The van der Waals surface area contributed by atoms with Gasteiger partial charge in [-0.1, -0.05) is 23.2 Å². The SMILES string of the molecule is O=C(O)c1cncnc1COc1ccc(Cl)c(Cl)c1. The van der Waals surface area contributed by atoms with Gasteiger partial charge in [-0.3, -0.25) is 0 Å². The van der Waals surface area contributed by atoms with E-state index in [4.69, 9.17) is 33.0 Å². The number of halogens is 2. The molecule has 0 spiro atoms. The van der Waals surface area contributed by atoms with Crippen LogP contribution in [0.5, 0.6) is 5.75 Å². The number of carbonyl (C=O) groups is 1. The average Bonchev–Trinajstić information content (AvgIpc) is 2.40. The Kier molecular flexibility index (Phi) is 4.19. The minimum Gasteiger partial charge on any atom is -0.487 e. The predicted octanol–water partition coefficient (Wildman–Crippen LogP) is 3.06. The fourth-order valence-electron chi connectivity index (χ4n) is 1.37. The van der Waals surface area contributed by atoms with Crippen molar-refractivity contribution in [2.45, 2.75) is 6.61 Å². The van der Waals surface area contributed by atoms with Gasteiger partial charge in [0.1, 0.15) is 24.2 Å². The van der Waals surface area contributed by atoms with Gasteiger partial charge in [0.2, 0.25) is 0 Å². The topological polar surface area (TPSA) is 72.3 Å². The minimum absolute atomic E-state index is 0.00210. The van der Waals surface area contributed by atoms with Crippen LogP contribution in [0.25, 0.3) is 0 Å². The maximum absolute atomic E-state index is 11.0. The van der Waals surface area contributed by atoms with Crippen LogP contribution in [0.3, 0.4) is 0 Å².